The number of hydrogen-bond acceptors (Lipinski definition) is 7. The lowest BCUT2D eigenvalue weighted by atomic mass is 9.84. The zero-order valence-electron chi connectivity index (χ0n) is 17.8. The van der Waals surface area contributed by atoms with Gasteiger partial charge in [0, 0.05) is 12.3 Å². The molecule has 2 fully saturated rings. The van der Waals surface area contributed by atoms with E-state index in [1.54, 1.807) is 24.3 Å². The molecule has 0 aliphatic carbocycles. The number of imide groups is 1. The number of anilines is 1. The molecule has 2 aromatic carbocycles. The largest absolute Gasteiger partial charge is 0.454 e. The van der Waals surface area contributed by atoms with Gasteiger partial charge in [-0.25, -0.2) is 4.90 Å². The number of fused-ring (bicyclic) bond motifs is 6. The Kier molecular flexibility index (Phi) is 4.05. The minimum atomic E-state index is -0.784. The van der Waals surface area contributed by atoms with Gasteiger partial charge in [-0.15, -0.1) is 11.3 Å². The highest BCUT2D eigenvalue weighted by molar-refractivity contribution is 7.12. The number of nitrogens with zero attached hydrogens (tertiary/aromatic N) is 2. The molecule has 0 spiro atoms. The van der Waals surface area contributed by atoms with Gasteiger partial charge in [0.1, 0.15) is 6.04 Å². The summed E-state index contributed by atoms with van der Waals surface area (Å²) in [7, 11) is 0. The molecule has 0 radical (unpaired) electrons. The predicted molar refractivity (Wildman–Crippen MR) is 125 cm³/mol. The summed E-state index contributed by atoms with van der Waals surface area (Å²) in [6.07, 6.45) is 3.82. The third kappa shape index (κ3) is 2.54. The number of Topliss-reactive ketones (excluding diaryl/α,β-unsaturated/α-hetero) is 1. The number of rotatable bonds is 3. The first kappa shape index (κ1) is 19.5. The van der Waals surface area contributed by atoms with Crippen LogP contribution in [0.4, 0.5) is 5.69 Å². The van der Waals surface area contributed by atoms with Crippen LogP contribution in [0.25, 0.3) is 6.08 Å². The van der Waals surface area contributed by atoms with E-state index in [4.69, 9.17) is 9.47 Å². The molecule has 8 heteroatoms. The van der Waals surface area contributed by atoms with Crippen LogP contribution < -0.4 is 14.4 Å². The average Bonchev–Trinajstić information content (AvgIpc) is 3.64. The highest BCUT2D eigenvalue weighted by Gasteiger charge is 2.64. The van der Waals surface area contributed by atoms with Crippen LogP contribution in [-0.2, 0) is 9.59 Å². The van der Waals surface area contributed by atoms with Crippen LogP contribution in [0.5, 0.6) is 11.5 Å². The Morgan fingerprint density at radius 1 is 0.941 bits per heavy atom. The van der Waals surface area contributed by atoms with Gasteiger partial charge in [-0.2, -0.15) is 0 Å². The van der Waals surface area contributed by atoms with E-state index >= 15 is 0 Å². The van der Waals surface area contributed by atoms with E-state index in [0.717, 1.165) is 11.1 Å². The number of hydrogen-bond donors (Lipinski definition) is 0. The van der Waals surface area contributed by atoms with Gasteiger partial charge in [-0.05, 0) is 40.8 Å². The molecule has 34 heavy (non-hydrogen) atoms. The summed E-state index contributed by atoms with van der Waals surface area (Å²) < 4.78 is 10.8. The zero-order valence-corrected chi connectivity index (χ0v) is 18.6. The van der Waals surface area contributed by atoms with Gasteiger partial charge in [-0.1, -0.05) is 30.3 Å². The molecule has 4 atom stereocenters. The number of carbonyl (C=O) groups is 3. The maximum atomic E-state index is 13.9. The number of carbonyl (C=O) groups excluding carboxylic acids is 3. The molecular weight excluding hydrogens is 452 g/mol. The Balaban J connectivity index is 1.37. The van der Waals surface area contributed by atoms with Crippen LogP contribution in [0.1, 0.15) is 26.8 Å². The smallest absolute Gasteiger partial charge is 0.240 e. The van der Waals surface area contributed by atoms with Gasteiger partial charge in [0.05, 0.1) is 28.4 Å². The number of benzene rings is 2. The van der Waals surface area contributed by atoms with Crippen molar-refractivity contribution in [2.75, 3.05) is 11.7 Å². The Bertz CT molecular complexity index is 1400. The van der Waals surface area contributed by atoms with Gasteiger partial charge < -0.3 is 14.4 Å². The van der Waals surface area contributed by atoms with Crippen LogP contribution in [0.2, 0.25) is 0 Å². The summed E-state index contributed by atoms with van der Waals surface area (Å²) in [5, 5.41) is 1.85. The van der Waals surface area contributed by atoms with Crippen LogP contribution in [-0.4, -0.2) is 35.3 Å². The Morgan fingerprint density at radius 2 is 1.76 bits per heavy atom. The third-order valence-electron chi connectivity index (χ3n) is 7.11. The second kappa shape index (κ2) is 7.04. The van der Waals surface area contributed by atoms with Crippen LogP contribution in [0, 0.1) is 11.8 Å². The second-order valence-electron chi connectivity index (χ2n) is 8.72. The maximum absolute atomic E-state index is 13.9. The molecular formula is C26H18N2O5S. The summed E-state index contributed by atoms with van der Waals surface area (Å²) in [6, 6.07) is 15.3. The SMILES string of the molecule is O=C(c1cccs1)C1C2C(=O)N(c3ccc4c(c3)OCO4)C(=O)C2C2c3ccccc3C=CN12. The topological polar surface area (TPSA) is 76.1 Å². The fourth-order valence-electron chi connectivity index (χ4n) is 5.70. The van der Waals surface area contributed by atoms with Crippen LogP contribution in [0.3, 0.4) is 0 Å². The monoisotopic (exact) mass is 470 g/mol. The van der Waals surface area contributed by atoms with E-state index in [2.05, 4.69) is 0 Å². The van der Waals surface area contributed by atoms with E-state index in [9.17, 15) is 14.4 Å². The Hall–Kier alpha value is -3.91. The molecule has 0 bridgehead atoms. The molecule has 5 heterocycles. The predicted octanol–water partition coefficient (Wildman–Crippen LogP) is 3.88. The summed E-state index contributed by atoms with van der Waals surface area (Å²) >= 11 is 1.35. The van der Waals surface area contributed by atoms with Crippen molar-refractivity contribution in [3.63, 3.8) is 0 Å². The molecule has 7 nitrogen and oxygen atoms in total. The summed E-state index contributed by atoms with van der Waals surface area (Å²) in [6.45, 7) is 0.101. The van der Waals surface area contributed by atoms with Crippen LogP contribution >= 0.6 is 11.3 Å². The standard InChI is InChI=1S/C26H18N2O5S/c29-24(19-6-3-11-34-19)23-21-20(22-16-5-2-1-4-14(16)9-10-27(22)23)25(30)28(26(21)31)15-7-8-17-18(12-15)33-13-32-17/h1-12,20-23H,13H2. The molecule has 2 amide bonds. The molecule has 168 valence electrons. The third-order valence-corrected chi connectivity index (χ3v) is 7.99. The molecule has 0 saturated carbocycles. The van der Waals surface area contributed by atoms with Gasteiger partial charge in [0.25, 0.3) is 0 Å². The number of amides is 2. The normalized spacial score (nSPS) is 26.0. The number of thiophene rings is 1. The van der Waals surface area contributed by atoms with Crippen molar-refractivity contribution in [1.82, 2.24) is 4.90 Å². The van der Waals surface area contributed by atoms with E-state index < -0.39 is 23.9 Å². The molecule has 4 aliphatic heterocycles. The molecule has 3 aromatic rings. The van der Waals surface area contributed by atoms with Crippen molar-refractivity contribution in [2.24, 2.45) is 11.8 Å². The van der Waals surface area contributed by atoms with Gasteiger partial charge in [0.2, 0.25) is 18.6 Å². The van der Waals surface area contributed by atoms with Crippen molar-refractivity contribution in [3.8, 4) is 11.5 Å². The average molecular weight is 471 g/mol. The summed E-state index contributed by atoms with van der Waals surface area (Å²) in [5.74, 6) is -1.17. The van der Waals surface area contributed by atoms with Crippen molar-refractivity contribution in [3.05, 3.63) is 82.2 Å². The minimum Gasteiger partial charge on any atom is -0.454 e. The zero-order chi connectivity index (χ0) is 23.0. The first-order chi connectivity index (χ1) is 16.6. The van der Waals surface area contributed by atoms with Crippen molar-refractivity contribution in [1.29, 1.82) is 0 Å². The van der Waals surface area contributed by atoms with Crippen LogP contribution in [0.15, 0.2) is 66.2 Å². The summed E-state index contributed by atoms with van der Waals surface area (Å²) in [5.41, 5.74) is 2.38. The van der Waals surface area contributed by atoms with Crippen molar-refractivity contribution in [2.45, 2.75) is 12.1 Å². The second-order valence-corrected chi connectivity index (χ2v) is 9.67. The molecule has 2 saturated heterocycles. The van der Waals surface area contributed by atoms with Gasteiger partial charge >= 0.3 is 0 Å². The molecule has 4 unspecified atom stereocenters. The first-order valence-electron chi connectivity index (χ1n) is 11.0. The number of ether oxygens (including phenoxy) is 2. The van der Waals surface area contributed by atoms with Crippen molar-refractivity contribution >= 4 is 40.7 Å². The summed E-state index contributed by atoms with van der Waals surface area (Å²) in [4.78, 5) is 45.2. The fourth-order valence-corrected chi connectivity index (χ4v) is 6.40. The Labute approximate surface area is 198 Å². The van der Waals surface area contributed by atoms with E-state index in [1.165, 1.54) is 16.2 Å². The molecule has 0 N–H and O–H groups in total. The molecule has 1 aromatic heterocycles. The Morgan fingerprint density at radius 3 is 2.62 bits per heavy atom. The van der Waals surface area contributed by atoms with E-state index in [-0.39, 0.29) is 24.4 Å². The highest BCUT2D eigenvalue weighted by Crippen LogP contribution is 2.54. The van der Waals surface area contributed by atoms with E-state index in [1.807, 2.05) is 52.9 Å². The highest BCUT2D eigenvalue weighted by atomic mass is 32.1. The number of ketones is 1. The van der Waals surface area contributed by atoms with E-state index in [0.29, 0.717) is 22.1 Å². The molecule has 7 rings (SSSR count). The molecule has 4 aliphatic rings. The van der Waals surface area contributed by atoms with Gasteiger partial charge in [-0.3, -0.25) is 14.4 Å². The quantitative estimate of drug-likeness (QED) is 0.427. The lowest BCUT2D eigenvalue weighted by Crippen LogP contribution is -2.44. The maximum Gasteiger partial charge on any atom is 0.240 e. The first-order valence-corrected chi connectivity index (χ1v) is 11.9. The van der Waals surface area contributed by atoms with Gasteiger partial charge in [0.15, 0.2) is 17.3 Å². The lowest BCUT2D eigenvalue weighted by molar-refractivity contribution is -0.123. The fraction of sp³-hybridized carbons (Fsp3) is 0.192. The van der Waals surface area contributed by atoms with Crippen molar-refractivity contribution < 1.29 is 23.9 Å². The lowest BCUT2D eigenvalue weighted by Gasteiger charge is -2.35. The minimum absolute atomic E-state index is 0.101.